The second-order valence-corrected chi connectivity index (χ2v) is 4.71. The average molecular weight is 281 g/mol. The SMILES string of the molecule is CCc1c(C)nc(-c2c(C)nn(C)c2OC)nc1Cl. The van der Waals surface area contributed by atoms with Crippen molar-refractivity contribution in [2.45, 2.75) is 27.2 Å². The Kier molecular flexibility index (Phi) is 3.75. The highest BCUT2D eigenvalue weighted by Gasteiger charge is 2.20. The summed E-state index contributed by atoms with van der Waals surface area (Å²) >= 11 is 6.22. The van der Waals surface area contributed by atoms with Gasteiger partial charge in [-0.3, -0.25) is 0 Å². The van der Waals surface area contributed by atoms with Gasteiger partial charge in [-0.2, -0.15) is 5.10 Å². The van der Waals surface area contributed by atoms with Gasteiger partial charge in [0, 0.05) is 18.3 Å². The molecule has 2 aromatic rings. The zero-order valence-electron chi connectivity index (χ0n) is 11.8. The highest BCUT2D eigenvalue weighted by atomic mass is 35.5. The van der Waals surface area contributed by atoms with E-state index in [4.69, 9.17) is 16.3 Å². The van der Waals surface area contributed by atoms with E-state index < -0.39 is 0 Å². The molecule has 0 radical (unpaired) electrons. The lowest BCUT2D eigenvalue weighted by Crippen LogP contribution is -2.01. The van der Waals surface area contributed by atoms with E-state index in [1.54, 1.807) is 11.8 Å². The van der Waals surface area contributed by atoms with Crippen LogP contribution < -0.4 is 4.74 Å². The normalized spacial score (nSPS) is 10.8. The molecule has 0 bridgehead atoms. The summed E-state index contributed by atoms with van der Waals surface area (Å²) in [5, 5.41) is 4.82. The van der Waals surface area contributed by atoms with Gasteiger partial charge in [0.25, 0.3) is 0 Å². The lowest BCUT2D eigenvalue weighted by Gasteiger charge is -2.08. The van der Waals surface area contributed by atoms with Crippen LogP contribution in [-0.4, -0.2) is 26.9 Å². The van der Waals surface area contributed by atoms with Gasteiger partial charge >= 0.3 is 0 Å². The van der Waals surface area contributed by atoms with Crippen molar-refractivity contribution in [2.75, 3.05) is 7.11 Å². The van der Waals surface area contributed by atoms with Gasteiger partial charge in [0.05, 0.1) is 12.8 Å². The van der Waals surface area contributed by atoms with Crippen LogP contribution in [0, 0.1) is 13.8 Å². The minimum absolute atomic E-state index is 0.496. The molecule has 0 aliphatic carbocycles. The number of hydrogen-bond donors (Lipinski definition) is 0. The summed E-state index contributed by atoms with van der Waals surface area (Å²) in [7, 11) is 3.43. The lowest BCUT2D eigenvalue weighted by molar-refractivity contribution is 0.374. The number of hydrogen-bond acceptors (Lipinski definition) is 4. The Hall–Kier alpha value is -1.62. The van der Waals surface area contributed by atoms with Crippen molar-refractivity contribution in [3.63, 3.8) is 0 Å². The van der Waals surface area contributed by atoms with Crippen LogP contribution in [0.1, 0.15) is 23.9 Å². The number of aromatic nitrogens is 4. The summed E-state index contributed by atoms with van der Waals surface area (Å²) in [4.78, 5) is 8.91. The molecule has 102 valence electrons. The molecule has 0 N–H and O–H groups in total. The van der Waals surface area contributed by atoms with E-state index >= 15 is 0 Å². The molecular weight excluding hydrogens is 264 g/mol. The largest absolute Gasteiger partial charge is 0.481 e. The molecule has 19 heavy (non-hydrogen) atoms. The van der Waals surface area contributed by atoms with Gasteiger partial charge in [0.1, 0.15) is 10.7 Å². The van der Waals surface area contributed by atoms with E-state index in [9.17, 15) is 0 Å². The first-order valence-electron chi connectivity index (χ1n) is 6.10. The molecule has 0 aromatic carbocycles. The molecule has 0 amide bonds. The Bertz CT molecular complexity index is 598. The number of methoxy groups -OCH3 is 1. The quantitative estimate of drug-likeness (QED) is 0.811. The number of halogens is 1. The molecule has 2 aromatic heterocycles. The van der Waals surface area contributed by atoms with E-state index in [0.717, 1.165) is 28.9 Å². The van der Waals surface area contributed by atoms with Crippen molar-refractivity contribution >= 4 is 11.6 Å². The van der Waals surface area contributed by atoms with Crippen LogP contribution in [0.25, 0.3) is 11.4 Å². The zero-order chi connectivity index (χ0) is 14.2. The van der Waals surface area contributed by atoms with Crippen LogP contribution in [0.5, 0.6) is 5.88 Å². The van der Waals surface area contributed by atoms with E-state index in [-0.39, 0.29) is 0 Å². The smallest absolute Gasteiger partial charge is 0.222 e. The van der Waals surface area contributed by atoms with E-state index in [0.29, 0.717) is 16.9 Å². The van der Waals surface area contributed by atoms with Crippen LogP contribution in [0.2, 0.25) is 5.15 Å². The molecule has 5 nitrogen and oxygen atoms in total. The minimum atomic E-state index is 0.496. The van der Waals surface area contributed by atoms with Gasteiger partial charge in [-0.05, 0) is 20.3 Å². The molecule has 0 saturated heterocycles. The van der Waals surface area contributed by atoms with Crippen molar-refractivity contribution < 1.29 is 4.74 Å². The Morgan fingerprint density at radius 3 is 2.42 bits per heavy atom. The first-order chi connectivity index (χ1) is 8.99. The summed E-state index contributed by atoms with van der Waals surface area (Å²) in [6, 6.07) is 0. The highest BCUT2D eigenvalue weighted by Crippen LogP contribution is 2.32. The fourth-order valence-corrected chi connectivity index (χ4v) is 2.55. The fraction of sp³-hybridized carbons (Fsp3) is 0.462. The molecule has 0 fully saturated rings. The Morgan fingerprint density at radius 2 is 1.89 bits per heavy atom. The molecule has 2 rings (SSSR count). The lowest BCUT2D eigenvalue weighted by atomic mass is 10.1. The molecule has 0 aliphatic heterocycles. The topological polar surface area (TPSA) is 52.8 Å². The van der Waals surface area contributed by atoms with E-state index in [1.807, 2.05) is 27.8 Å². The van der Waals surface area contributed by atoms with Gasteiger partial charge in [-0.25, -0.2) is 14.6 Å². The van der Waals surface area contributed by atoms with Crippen molar-refractivity contribution in [2.24, 2.45) is 7.05 Å². The van der Waals surface area contributed by atoms with Gasteiger partial charge in [-0.1, -0.05) is 18.5 Å². The fourth-order valence-electron chi connectivity index (χ4n) is 2.20. The van der Waals surface area contributed by atoms with Crippen molar-refractivity contribution in [1.82, 2.24) is 19.7 Å². The van der Waals surface area contributed by atoms with Crippen molar-refractivity contribution in [3.05, 3.63) is 22.1 Å². The maximum atomic E-state index is 6.22. The van der Waals surface area contributed by atoms with Crippen LogP contribution >= 0.6 is 11.6 Å². The molecule has 2 heterocycles. The monoisotopic (exact) mass is 280 g/mol. The summed E-state index contributed by atoms with van der Waals surface area (Å²) in [5.41, 5.74) is 3.48. The zero-order valence-corrected chi connectivity index (χ0v) is 12.5. The predicted octanol–water partition coefficient (Wildman–Crippen LogP) is 2.72. The Morgan fingerprint density at radius 1 is 1.21 bits per heavy atom. The number of rotatable bonds is 3. The molecule has 0 unspecified atom stereocenters. The standard InChI is InChI=1S/C13H17ClN4O/c1-6-9-7(2)15-12(16-11(9)14)10-8(3)17-18(4)13(10)19-5/h6H2,1-5H3. The maximum absolute atomic E-state index is 6.22. The van der Waals surface area contributed by atoms with Gasteiger partial charge in [0.15, 0.2) is 5.82 Å². The molecular formula is C13H17ClN4O. The number of ether oxygens (including phenoxy) is 1. The summed E-state index contributed by atoms with van der Waals surface area (Å²) in [6.07, 6.45) is 0.814. The van der Waals surface area contributed by atoms with Gasteiger partial charge in [-0.15, -0.1) is 0 Å². The van der Waals surface area contributed by atoms with Crippen molar-refractivity contribution in [3.8, 4) is 17.3 Å². The van der Waals surface area contributed by atoms with E-state index in [2.05, 4.69) is 15.1 Å². The number of aryl methyl sites for hydroxylation is 3. The molecule has 6 heteroatoms. The average Bonchev–Trinajstić information content (AvgIpc) is 2.62. The van der Waals surface area contributed by atoms with E-state index in [1.165, 1.54) is 0 Å². The van der Waals surface area contributed by atoms with Gasteiger partial charge < -0.3 is 4.74 Å². The maximum Gasteiger partial charge on any atom is 0.222 e. The van der Waals surface area contributed by atoms with Crippen LogP contribution in [-0.2, 0) is 13.5 Å². The third-order valence-electron chi connectivity index (χ3n) is 3.10. The first-order valence-corrected chi connectivity index (χ1v) is 6.48. The number of nitrogens with zero attached hydrogens (tertiary/aromatic N) is 4. The Labute approximate surface area is 117 Å². The third-order valence-corrected chi connectivity index (χ3v) is 3.42. The van der Waals surface area contributed by atoms with Crippen LogP contribution in [0.15, 0.2) is 0 Å². The summed E-state index contributed by atoms with van der Waals surface area (Å²) < 4.78 is 7.04. The summed E-state index contributed by atoms with van der Waals surface area (Å²) in [6.45, 7) is 5.87. The van der Waals surface area contributed by atoms with Crippen molar-refractivity contribution in [1.29, 1.82) is 0 Å². The van der Waals surface area contributed by atoms with Crippen LogP contribution in [0.3, 0.4) is 0 Å². The van der Waals surface area contributed by atoms with Gasteiger partial charge in [0.2, 0.25) is 5.88 Å². The minimum Gasteiger partial charge on any atom is -0.481 e. The highest BCUT2D eigenvalue weighted by molar-refractivity contribution is 6.30. The Balaban J connectivity index is 2.66. The summed E-state index contributed by atoms with van der Waals surface area (Å²) in [5.74, 6) is 1.19. The third kappa shape index (κ3) is 2.30. The molecule has 0 saturated carbocycles. The molecule has 0 aliphatic rings. The molecule has 0 spiro atoms. The first kappa shape index (κ1) is 13.8. The predicted molar refractivity (Wildman–Crippen MR) is 74.6 cm³/mol. The second-order valence-electron chi connectivity index (χ2n) is 4.35. The molecule has 0 atom stereocenters. The van der Waals surface area contributed by atoms with Crippen LogP contribution in [0.4, 0.5) is 0 Å². The second kappa shape index (κ2) is 5.17.